The van der Waals surface area contributed by atoms with Gasteiger partial charge >= 0.3 is 29.8 Å². The van der Waals surface area contributed by atoms with Crippen molar-refractivity contribution < 1.29 is 67.1 Å². The smallest absolute Gasteiger partial charge is 0.327 e. The number of hydrogen-bond donors (Lipinski definition) is 5. The topological polar surface area (TPSA) is 268 Å². The summed E-state index contributed by atoms with van der Waals surface area (Å²) in [6.45, 7) is 7.96. The number of rotatable bonds is 16. The molecule has 5 unspecified atom stereocenters. The number of nitrogens with zero attached hydrogens (tertiary/aromatic N) is 1. The molecule has 0 saturated carbocycles. The summed E-state index contributed by atoms with van der Waals surface area (Å²) in [7, 11) is 0. The Balaban J connectivity index is 1.37. The van der Waals surface area contributed by atoms with E-state index in [1.807, 2.05) is 30.3 Å². The first kappa shape index (κ1) is 47.4. The zero-order chi connectivity index (χ0) is 47.3. The molecule has 0 spiro atoms. The van der Waals surface area contributed by atoms with E-state index in [0.717, 1.165) is 33.3 Å². The number of amides is 3. The Kier molecular flexibility index (Phi) is 14.4. The second kappa shape index (κ2) is 19.7. The second-order valence-electron chi connectivity index (χ2n) is 15.4. The zero-order valence-electron chi connectivity index (χ0n) is 35.9. The number of fused-ring (bicyclic) bond motifs is 1. The maximum atomic E-state index is 14.0. The fourth-order valence-corrected chi connectivity index (χ4v) is 8.95. The molecule has 2 aliphatic rings. The van der Waals surface area contributed by atoms with E-state index < -0.39 is 82.2 Å². The van der Waals surface area contributed by atoms with E-state index in [1.54, 1.807) is 13.8 Å². The number of carboxylic acid groups (broad SMARTS) is 1. The van der Waals surface area contributed by atoms with Crippen molar-refractivity contribution in [2.24, 2.45) is 5.73 Å². The number of thioether (sulfide) groups is 1. The van der Waals surface area contributed by atoms with Crippen LogP contribution in [-0.2, 0) is 39.9 Å². The minimum atomic E-state index is -1.35. The number of carbonyl (C=O) groups is 8. The lowest BCUT2D eigenvalue weighted by Crippen LogP contribution is -2.71. The van der Waals surface area contributed by atoms with Crippen LogP contribution in [0.1, 0.15) is 79.6 Å². The van der Waals surface area contributed by atoms with Crippen molar-refractivity contribution in [1.29, 1.82) is 0 Å². The largest absolute Gasteiger partial charge is 0.480 e. The second-order valence-corrected chi connectivity index (χ2v) is 17.1. The van der Waals surface area contributed by atoms with Gasteiger partial charge in [-0.2, -0.15) is 0 Å². The van der Waals surface area contributed by atoms with Crippen molar-refractivity contribution in [2.45, 2.75) is 82.6 Å². The summed E-state index contributed by atoms with van der Waals surface area (Å²) in [5.74, 6) is -7.48. The van der Waals surface area contributed by atoms with Gasteiger partial charge in [-0.15, -0.1) is 11.8 Å². The van der Waals surface area contributed by atoms with E-state index >= 15 is 0 Å². The molecule has 340 valence electrons. The van der Waals surface area contributed by atoms with Crippen LogP contribution in [0, 0.1) is 0 Å². The third-order valence-corrected chi connectivity index (χ3v) is 11.4. The molecular weight excluding hydrogens is 867 g/mol. The van der Waals surface area contributed by atoms with E-state index in [2.05, 4.69) is 16.0 Å². The van der Waals surface area contributed by atoms with Gasteiger partial charge in [0.1, 0.15) is 29.9 Å². The van der Waals surface area contributed by atoms with E-state index in [1.165, 1.54) is 71.3 Å². The minimum absolute atomic E-state index is 0.0177. The molecule has 20 heteroatoms. The van der Waals surface area contributed by atoms with Crippen LogP contribution in [0.25, 0.3) is 0 Å². The lowest BCUT2D eigenvalue weighted by molar-refractivity contribution is -0.162. The van der Waals surface area contributed by atoms with E-state index in [-0.39, 0.29) is 57.5 Å². The van der Waals surface area contributed by atoms with Gasteiger partial charge in [-0.3, -0.25) is 38.9 Å². The van der Waals surface area contributed by atoms with Crippen LogP contribution in [-0.4, -0.2) is 86.0 Å². The number of aliphatic carboxylic acids is 1. The van der Waals surface area contributed by atoms with Crippen LogP contribution in [0.15, 0.2) is 84.9 Å². The summed E-state index contributed by atoms with van der Waals surface area (Å²) in [6.07, 6.45) is -2.11. The molecule has 5 atom stereocenters. The first-order valence-corrected chi connectivity index (χ1v) is 20.8. The summed E-state index contributed by atoms with van der Waals surface area (Å²) >= 11 is 1.35. The molecule has 3 amide bonds. The number of ether oxygens (including phenoxy) is 5. The lowest BCUT2D eigenvalue weighted by atomic mass is 9.96. The molecule has 4 aromatic carbocycles. The number of carboxylic acids is 1. The van der Waals surface area contributed by atoms with Gasteiger partial charge in [0.2, 0.25) is 5.91 Å². The number of para-hydroxylation sites is 2. The molecule has 19 nitrogen and oxygen atoms in total. The molecule has 2 heterocycles. The lowest BCUT2D eigenvalue weighted by Gasteiger charge is -2.45. The molecule has 4 aromatic rings. The molecule has 0 radical (unpaired) electrons. The Morgan fingerprint density at radius 1 is 0.723 bits per heavy atom. The van der Waals surface area contributed by atoms with Crippen molar-refractivity contribution >= 4 is 70.7 Å². The summed E-state index contributed by atoms with van der Waals surface area (Å²) in [5.41, 5.74) is 7.34. The maximum Gasteiger partial charge on any atom is 0.327 e. The maximum absolute atomic E-state index is 14.0. The van der Waals surface area contributed by atoms with Crippen LogP contribution < -0.4 is 40.6 Å². The van der Waals surface area contributed by atoms with Crippen molar-refractivity contribution in [1.82, 2.24) is 10.2 Å². The fraction of sp³-hybridized carbons (Fsp3) is 0.289. The highest BCUT2D eigenvalue weighted by Gasteiger charge is 2.64. The van der Waals surface area contributed by atoms with Gasteiger partial charge in [-0.05, 0) is 67.4 Å². The molecule has 2 saturated heterocycles. The SMILES string of the molecule is CC(=O)Oc1cccc(C(=O)Nc2cc(NC(=O)c3cccc(OC(C)=O)c3OC(C)=O)cc(C(N)OC(Cc3ccccc3)NC3C(=O)N4C3SC(C)(C)C4C(=O)O)c2)c1OC(C)=O. The molecule has 65 heavy (non-hydrogen) atoms. The van der Waals surface area contributed by atoms with E-state index in [0.29, 0.717) is 0 Å². The van der Waals surface area contributed by atoms with Crippen LogP contribution in [0.2, 0.25) is 0 Å². The number of nitrogens with one attached hydrogen (secondary N) is 3. The van der Waals surface area contributed by atoms with Crippen molar-refractivity contribution in [3.8, 4) is 23.0 Å². The van der Waals surface area contributed by atoms with Crippen molar-refractivity contribution in [3.63, 3.8) is 0 Å². The van der Waals surface area contributed by atoms with Crippen LogP contribution in [0.3, 0.4) is 0 Å². The summed E-state index contributed by atoms with van der Waals surface area (Å²) in [5, 5.41) is 18.1. The normalized spacial score (nSPS) is 17.9. The number of esters is 4. The van der Waals surface area contributed by atoms with Crippen LogP contribution >= 0.6 is 11.8 Å². The highest BCUT2D eigenvalue weighted by Crippen LogP contribution is 2.51. The van der Waals surface area contributed by atoms with Gasteiger partial charge in [-0.25, -0.2) is 4.79 Å². The molecule has 2 fully saturated rings. The fourth-order valence-electron chi connectivity index (χ4n) is 7.31. The van der Waals surface area contributed by atoms with Crippen molar-refractivity contribution in [2.75, 3.05) is 10.6 Å². The zero-order valence-corrected chi connectivity index (χ0v) is 36.7. The number of benzene rings is 4. The van der Waals surface area contributed by atoms with Crippen LogP contribution in [0.4, 0.5) is 11.4 Å². The average Bonchev–Trinajstić information content (AvgIpc) is 3.48. The Labute approximate surface area is 376 Å². The molecule has 6 rings (SSSR count). The summed E-state index contributed by atoms with van der Waals surface area (Å²) in [6, 6.07) is 19.6. The standard InChI is InChI=1S/C45H45N5O14S/c1-22(51)60-32-16-10-14-30(36(32)62-24(3)53)40(55)47-28-19-27(20-29(21-28)48-41(56)31-15-11-17-33(61-23(2)52)37(31)63-25(4)54)39(46)64-34(18-26-12-8-7-9-13-26)49-35-42(57)50-38(44(58)59)45(5,6)65-43(35)50/h7-17,19-21,34-35,38-39,43,49H,18,46H2,1-6H3,(H,47,55)(H,48,56)(H,58,59). The Bertz CT molecular complexity index is 2460. The van der Waals surface area contributed by atoms with Crippen molar-refractivity contribution in [3.05, 3.63) is 107 Å². The van der Waals surface area contributed by atoms with Gasteiger partial charge in [-0.1, -0.05) is 42.5 Å². The predicted octanol–water partition coefficient (Wildman–Crippen LogP) is 4.54. The highest BCUT2D eigenvalue weighted by molar-refractivity contribution is 8.01. The van der Waals surface area contributed by atoms with Gasteiger partial charge < -0.3 is 50.1 Å². The Morgan fingerprint density at radius 3 is 1.68 bits per heavy atom. The van der Waals surface area contributed by atoms with Gasteiger partial charge in [0, 0.05) is 50.2 Å². The first-order valence-electron chi connectivity index (χ1n) is 19.9. The molecular formula is C45H45N5O14S. The molecule has 0 aliphatic carbocycles. The van der Waals surface area contributed by atoms with Gasteiger partial charge in [0.05, 0.1) is 11.1 Å². The quantitative estimate of drug-likeness (QED) is 0.0447. The number of hydrogen-bond acceptors (Lipinski definition) is 16. The Morgan fingerprint density at radius 2 is 1.22 bits per heavy atom. The summed E-state index contributed by atoms with van der Waals surface area (Å²) in [4.78, 5) is 103. The third-order valence-electron chi connectivity index (χ3n) is 9.86. The predicted molar refractivity (Wildman–Crippen MR) is 233 cm³/mol. The summed E-state index contributed by atoms with van der Waals surface area (Å²) < 4.78 is 26.6. The number of carbonyl (C=O) groups excluding carboxylic acids is 7. The van der Waals surface area contributed by atoms with Gasteiger partial charge in [0.25, 0.3) is 11.8 Å². The number of anilines is 2. The monoisotopic (exact) mass is 911 g/mol. The number of β-lactam (4-membered cyclic amide) rings is 1. The van der Waals surface area contributed by atoms with E-state index in [9.17, 15) is 43.5 Å². The third kappa shape index (κ3) is 11.2. The molecule has 0 bridgehead atoms. The van der Waals surface area contributed by atoms with E-state index in [4.69, 9.17) is 29.4 Å². The molecule has 6 N–H and O–H groups in total. The number of nitrogens with two attached hydrogens (primary N) is 1. The highest BCUT2D eigenvalue weighted by atomic mass is 32.2. The Hall–Kier alpha value is -7.13. The molecule has 2 aliphatic heterocycles. The first-order chi connectivity index (χ1) is 30.7. The van der Waals surface area contributed by atoms with Gasteiger partial charge in [0.15, 0.2) is 23.0 Å². The average molecular weight is 912 g/mol. The minimum Gasteiger partial charge on any atom is -0.480 e. The van der Waals surface area contributed by atoms with Crippen LogP contribution in [0.5, 0.6) is 23.0 Å². The molecule has 0 aromatic heterocycles.